The van der Waals surface area contributed by atoms with Gasteiger partial charge >= 0.3 is 0 Å². The van der Waals surface area contributed by atoms with Gasteiger partial charge in [-0.15, -0.1) is 0 Å². The van der Waals surface area contributed by atoms with Crippen LogP contribution in [-0.4, -0.2) is 33.4 Å². The Morgan fingerprint density at radius 1 is 0.810 bits per heavy atom. The summed E-state index contributed by atoms with van der Waals surface area (Å²) < 4.78 is 39.7. The van der Waals surface area contributed by atoms with Gasteiger partial charge < -0.3 is 14.4 Å². The van der Waals surface area contributed by atoms with Gasteiger partial charge in [-0.3, -0.25) is 14.3 Å². The summed E-state index contributed by atoms with van der Waals surface area (Å²) in [6.45, 7) is 6.98. The number of sulfonamides is 1. The van der Waals surface area contributed by atoms with Gasteiger partial charge in [0.1, 0.15) is 11.5 Å². The molecule has 2 amide bonds. The molecule has 42 heavy (non-hydrogen) atoms. The first-order valence-corrected chi connectivity index (χ1v) is 15.7. The molecule has 1 N–H and O–H groups in total. The number of hydrogen-bond acceptors (Lipinski definition) is 6. The van der Waals surface area contributed by atoms with Gasteiger partial charge in [0.2, 0.25) is 15.9 Å². The number of ether oxygens (including phenoxy) is 2. The Labute approximate surface area is 246 Å². The molecule has 1 aliphatic heterocycles. The van der Waals surface area contributed by atoms with E-state index >= 15 is 0 Å². The van der Waals surface area contributed by atoms with Crippen molar-refractivity contribution >= 4 is 38.3 Å². The van der Waals surface area contributed by atoms with E-state index in [2.05, 4.69) is 4.72 Å². The lowest BCUT2D eigenvalue weighted by Crippen LogP contribution is -2.32. The number of rotatable bonds is 11. The number of anilines is 1. The summed E-state index contributed by atoms with van der Waals surface area (Å²) in [5, 5.41) is 1.70. The fourth-order valence-electron chi connectivity index (χ4n) is 5.30. The van der Waals surface area contributed by atoms with E-state index in [-0.39, 0.29) is 18.1 Å². The molecule has 4 aromatic rings. The van der Waals surface area contributed by atoms with Gasteiger partial charge in [0.05, 0.1) is 37.5 Å². The highest BCUT2D eigenvalue weighted by atomic mass is 32.2. The molecule has 0 spiro atoms. The van der Waals surface area contributed by atoms with Gasteiger partial charge in [0, 0.05) is 22.0 Å². The van der Waals surface area contributed by atoms with Crippen molar-refractivity contribution in [1.29, 1.82) is 0 Å². The average molecular weight is 587 g/mol. The molecule has 1 aliphatic rings. The molecule has 0 atom stereocenters. The van der Waals surface area contributed by atoms with Crippen LogP contribution in [0.15, 0.2) is 72.8 Å². The predicted octanol–water partition coefficient (Wildman–Crippen LogP) is 5.55. The van der Waals surface area contributed by atoms with Crippen LogP contribution in [-0.2, 0) is 40.0 Å². The molecule has 0 bridgehead atoms. The maximum absolute atomic E-state index is 13.8. The number of hydrogen-bond donors (Lipinski definition) is 1. The zero-order valence-corrected chi connectivity index (χ0v) is 24.8. The van der Waals surface area contributed by atoms with Crippen molar-refractivity contribution in [3.05, 3.63) is 101 Å². The molecular weight excluding hydrogens is 552 g/mol. The molecule has 9 heteroatoms. The van der Waals surface area contributed by atoms with E-state index in [1.807, 2.05) is 69.3 Å². The van der Waals surface area contributed by atoms with E-state index in [0.29, 0.717) is 48.1 Å². The number of amides is 2. The minimum atomic E-state index is -3.91. The summed E-state index contributed by atoms with van der Waals surface area (Å²) in [6.07, 6.45) is 0.862. The summed E-state index contributed by atoms with van der Waals surface area (Å²) in [5.74, 6) is 0.0516. The van der Waals surface area contributed by atoms with Crippen LogP contribution in [0.5, 0.6) is 11.5 Å². The van der Waals surface area contributed by atoms with Crippen molar-refractivity contribution in [1.82, 2.24) is 4.72 Å². The smallest absolute Gasteiger partial charge is 0.262 e. The second-order valence-electron chi connectivity index (χ2n) is 10.1. The molecule has 0 aromatic heterocycles. The van der Waals surface area contributed by atoms with Crippen molar-refractivity contribution in [3.63, 3.8) is 0 Å². The number of fused-ring (bicyclic) bond motifs is 2. The molecule has 0 radical (unpaired) electrons. The van der Waals surface area contributed by atoms with Gasteiger partial charge in [-0.05, 0) is 49.1 Å². The molecule has 0 saturated heterocycles. The number of nitrogens with zero attached hydrogens (tertiary/aromatic N) is 1. The lowest BCUT2D eigenvalue weighted by atomic mass is 9.99. The Balaban J connectivity index is 1.33. The Morgan fingerprint density at radius 3 is 2.00 bits per heavy atom. The van der Waals surface area contributed by atoms with Crippen LogP contribution in [0.2, 0.25) is 0 Å². The molecule has 0 fully saturated rings. The van der Waals surface area contributed by atoms with Gasteiger partial charge in [-0.2, -0.15) is 0 Å². The molecule has 5 rings (SSSR count). The molecule has 4 aromatic carbocycles. The van der Waals surface area contributed by atoms with E-state index in [1.165, 1.54) is 0 Å². The Morgan fingerprint density at radius 2 is 1.38 bits per heavy atom. The summed E-state index contributed by atoms with van der Waals surface area (Å²) in [4.78, 5) is 27.8. The molecular formula is C33H34N2O6S. The minimum Gasteiger partial charge on any atom is -0.493 e. The third kappa shape index (κ3) is 5.97. The first-order valence-electron chi connectivity index (χ1n) is 14.1. The lowest BCUT2D eigenvalue weighted by molar-refractivity contribution is -0.118. The van der Waals surface area contributed by atoms with E-state index in [4.69, 9.17) is 9.47 Å². The number of benzene rings is 4. The summed E-state index contributed by atoms with van der Waals surface area (Å²) >= 11 is 0. The molecule has 0 saturated carbocycles. The van der Waals surface area contributed by atoms with Crippen LogP contribution in [0.4, 0.5) is 5.69 Å². The van der Waals surface area contributed by atoms with Gasteiger partial charge in [-0.25, -0.2) is 8.42 Å². The van der Waals surface area contributed by atoms with Crippen molar-refractivity contribution in [2.45, 2.75) is 45.9 Å². The zero-order valence-electron chi connectivity index (χ0n) is 24.0. The molecule has 1 heterocycles. The number of carbonyl (C=O) groups excluding carboxylic acids is 2. The standard InChI is InChI=1S/C33H34N2O6S/c1-4-22-11-13-23(14-12-22)19-29(36)34-42(38,39)21-24-15-17-25(18-16-24)35-20-28-30(33(35)37)32(41-6-3)27-10-8-7-9-26(27)31(28)40-5-2/h7-18H,4-6,19-21H2,1-3H3,(H,34,36). The van der Waals surface area contributed by atoms with Crippen LogP contribution in [0.1, 0.15) is 53.4 Å². The van der Waals surface area contributed by atoms with E-state index in [1.54, 1.807) is 29.2 Å². The second kappa shape index (κ2) is 12.2. The van der Waals surface area contributed by atoms with Gasteiger partial charge in [-0.1, -0.05) is 67.6 Å². The Hall–Kier alpha value is -4.37. The first kappa shape index (κ1) is 29.1. The van der Waals surface area contributed by atoms with Crippen LogP contribution >= 0.6 is 0 Å². The van der Waals surface area contributed by atoms with Gasteiger partial charge in [0.15, 0.2) is 0 Å². The van der Waals surface area contributed by atoms with Crippen LogP contribution in [0.25, 0.3) is 10.8 Å². The highest BCUT2D eigenvalue weighted by Gasteiger charge is 2.36. The number of carbonyl (C=O) groups is 2. The van der Waals surface area contributed by atoms with Crippen LogP contribution in [0, 0.1) is 0 Å². The van der Waals surface area contributed by atoms with Crippen molar-refractivity contribution < 1.29 is 27.5 Å². The third-order valence-corrected chi connectivity index (χ3v) is 8.49. The number of nitrogens with one attached hydrogen (secondary N) is 1. The average Bonchev–Trinajstić information content (AvgIpc) is 3.31. The first-order chi connectivity index (χ1) is 20.2. The highest BCUT2D eigenvalue weighted by molar-refractivity contribution is 7.89. The fraction of sp³-hybridized carbons (Fsp3) is 0.273. The largest absolute Gasteiger partial charge is 0.493 e. The monoisotopic (exact) mass is 586 g/mol. The van der Waals surface area contributed by atoms with E-state index in [9.17, 15) is 18.0 Å². The molecule has 0 unspecified atom stereocenters. The molecule has 8 nitrogen and oxygen atoms in total. The fourth-order valence-corrected chi connectivity index (χ4v) is 6.42. The van der Waals surface area contributed by atoms with E-state index in [0.717, 1.165) is 33.9 Å². The Bertz CT molecular complexity index is 1730. The summed E-state index contributed by atoms with van der Waals surface area (Å²) in [7, 11) is -3.91. The third-order valence-electron chi connectivity index (χ3n) is 7.24. The lowest BCUT2D eigenvalue weighted by Gasteiger charge is -2.16. The normalized spacial score (nSPS) is 12.8. The van der Waals surface area contributed by atoms with Crippen LogP contribution in [0.3, 0.4) is 0 Å². The molecule has 218 valence electrons. The SMILES string of the molecule is CCOc1c2c(c(OCC)c3ccccc13)C(=O)N(c1ccc(CS(=O)(=O)NC(=O)Cc3ccc(CC)cc3)cc1)C2. The van der Waals surface area contributed by atoms with Crippen LogP contribution < -0.4 is 19.1 Å². The van der Waals surface area contributed by atoms with Gasteiger partial charge in [0.25, 0.3) is 5.91 Å². The summed E-state index contributed by atoms with van der Waals surface area (Å²) in [5.41, 5.74) is 4.25. The minimum absolute atomic E-state index is 0.0255. The number of aryl methyl sites for hydroxylation is 1. The summed E-state index contributed by atoms with van der Waals surface area (Å²) in [6, 6.07) is 22.0. The van der Waals surface area contributed by atoms with Crippen molar-refractivity contribution in [2.75, 3.05) is 18.1 Å². The maximum Gasteiger partial charge on any atom is 0.262 e. The quantitative estimate of drug-likeness (QED) is 0.247. The Kier molecular flexibility index (Phi) is 8.49. The molecule has 0 aliphatic carbocycles. The highest BCUT2D eigenvalue weighted by Crippen LogP contribution is 2.46. The topological polar surface area (TPSA) is 102 Å². The maximum atomic E-state index is 13.8. The zero-order chi connectivity index (χ0) is 29.9. The van der Waals surface area contributed by atoms with Crippen molar-refractivity contribution in [3.8, 4) is 11.5 Å². The second-order valence-corrected chi connectivity index (χ2v) is 11.8. The predicted molar refractivity (Wildman–Crippen MR) is 164 cm³/mol. The van der Waals surface area contributed by atoms with Crippen molar-refractivity contribution in [2.24, 2.45) is 0 Å². The van der Waals surface area contributed by atoms with E-state index < -0.39 is 15.9 Å².